The normalized spacial score (nSPS) is 13.5. The van der Waals surface area contributed by atoms with E-state index in [1.807, 2.05) is 13.8 Å². The van der Waals surface area contributed by atoms with E-state index in [1.165, 1.54) is 11.3 Å². The summed E-state index contributed by atoms with van der Waals surface area (Å²) in [5.41, 5.74) is 6.26. The summed E-state index contributed by atoms with van der Waals surface area (Å²) in [4.78, 5) is 5.32. The zero-order chi connectivity index (χ0) is 8.43. The van der Waals surface area contributed by atoms with Crippen molar-refractivity contribution in [3.63, 3.8) is 0 Å². The molecule has 0 aromatic carbocycles. The van der Waals surface area contributed by atoms with Gasteiger partial charge in [0.05, 0.1) is 5.69 Å². The van der Waals surface area contributed by atoms with Crippen LogP contribution in [0.25, 0.3) is 0 Å². The van der Waals surface area contributed by atoms with Crippen molar-refractivity contribution in [2.45, 2.75) is 20.0 Å². The van der Waals surface area contributed by atoms with E-state index in [4.69, 9.17) is 5.73 Å². The van der Waals surface area contributed by atoms with Crippen molar-refractivity contribution in [1.29, 1.82) is 0 Å². The van der Waals surface area contributed by atoms with Gasteiger partial charge in [-0.05, 0) is 13.8 Å². The van der Waals surface area contributed by atoms with Crippen molar-refractivity contribution in [2.24, 2.45) is 5.73 Å². The van der Waals surface area contributed by atoms with Gasteiger partial charge in [-0.25, -0.2) is 4.98 Å². The Bertz CT molecular complexity index is 227. The van der Waals surface area contributed by atoms with Gasteiger partial charge in [-0.2, -0.15) is 0 Å². The van der Waals surface area contributed by atoms with Crippen molar-refractivity contribution in [3.05, 3.63) is 15.6 Å². The van der Waals surface area contributed by atoms with Crippen LogP contribution in [0.1, 0.15) is 21.7 Å². The van der Waals surface area contributed by atoms with Gasteiger partial charge in [0, 0.05) is 11.4 Å². The highest BCUT2D eigenvalue weighted by atomic mass is 32.1. The first kappa shape index (κ1) is 8.64. The zero-order valence-corrected chi connectivity index (χ0v) is 7.48. The summed E-state index contributed by atoms with van der Waals surface area (Å²) in [5, 5.41) is 10.0. The van der Waals surface area contributed by atoms with Crippen LogP contribution in [-0.2, 0) is 0 Å². The molecule has 11 heavy (non-hydrogen) atoms. The fourth-order valence-electron chi connectivity index (χ4n) is 0.741. The molecule has 1 atom stereocenters. The molecule has 0 bridgehead atoms. The SMILES string of the molecule is Cc1nc(C(O)CN)sc1C. The molecule has 0 fully saturated rings. The minimum absolute atomic E-state index is 0.242. The number of aromatic nitrogens is 1. The van der Waals surface area contributed by atoms with Crippen LogP contribution in [0.15, 0.2) is 0 Å². The molecule has 0 aliphatic rings. The fraction of sp³-hybridized carbons (Fsp3) is 0.571. The third kappa shape index (κ3) is 1.77. The average Bonchev–Trinajstić information content (AvgIpc) is 2.31. The Morgan fingerprint density at radius 2 is 2.27 bits per heavy atom. The number of aliphatic hydroxyl groups excluding tert-OH is 1. The van der Waals surface area contributed by atoms with Crippen LogP contribution in [0.5, 0.6) is 0 Å². The van der Waals surface area contributed by atoms with E-state index in [9.17, 15) is 5.11 Å². The lowest BCUT2D eigenvalue weighted by Crippen LogP contribution is -2.10. The molecule has 1 aromatic heterocycles. The second kappa shape index (κ2) is 3.30. The predicted molar refractivity (Wildman–Crippen MR) is 45.6 cm³/mol. The molecule has 0 amide bonds. The van der Waals surface area contributed by atoms with Gasteiger partial charge in [0.25, 0.3) is 0 Å². The standard InChI is InChI=1S/C7H12N2OS/c1-4-5(2)11-7(9-4)6(10)3-8/h6,10H,3,8H2,1-2H3. The maximum absolute atomic E-state index is 9.29. The van der Waals surface area contributed by atoms with E-state index in [0.29, 0.717) is 0 Å². The lowest BCUT2D eigenvalue weighted by Gasteiger charge is -2.00. The molecular weight excluding hydrogens is 160 g/mol. The lowest BCUT2D eigenvalue weighted by molar-refractivity contribution is 0.186. The summed E-state index contributed by atoms with van der Waals surface area (Å²) in [5.74, 6) is 0. The van der Waals surface area contributed by atoms with Crippen molar-refractivity contribution in [1.82, 2.24) is 4.98 Å². The first-order valence-electron chi connectivity index (χ1n) is 3.47. The van der Waals surface area contributed by atoms with Gasteiger partial charge >= 0.3 is 0 Å². The maximum atomic E-state index is 9.29. The molecule has 4 heteroatoms. The summed E-state index contributed by atoms with van der Waals surface area (Å²) in [6.07, 6.45) is -0.590. The molecule has 3 N–H and O–H groups in total. The number of hydrogen-bond acceptors (Lipinski definition) is 4. The summed E-state index contributed by atoms with van der Waals surface area (Å²) >= 11 is 1.51. The first-order chi connectivity index (χ1) is 5.15. The minimum atomic E-state index is -0.590. The molecular formula is C7H12N2OS. The maximum Gasteiger partial charge on any atom is 0.123 e. The summed E-state index contributed by atoms with van der Waals surface area (Å²) in [6, 6.07) is 0. The second-order valence-corrected chi connectivity index (χ2v) is 3.68. The molecule has 0 saturated carbocycles. The van der Waals surface area contributed by atoms with Gasteiger partial charge in [-0.1, -0.05) is 0 Å². The highest BCUT2D eigenvalue weighted by Gasteiger charge is 2.10. The lowest BCUT2D eigenvalue weighted by atomic mass is 10.4. The van der Waals surface area contributed by atoms with Crippen LogP contribution in [0.2, 0.25) is 0 Å². The van der Waals surface area contributed by atoms with E-state index in [-0.39, 0.29) is 6.54 Å². The Morgan fingerprint density at radius 1 is 1.64 bits per heavy atom. The number of hydrogen-bond donors (Lipinski definition) is 2. The quantitative estimate of drug-likeness (QED) is 0.692. The third-order valence-electron chi connectivity index (χ3n) is 1.55. The van der Waals surface area contributed by atoms with E-state index in [1.54, 1.807) is 0 Å². The molecule has 0 spiro atoms. The number of nitrogens with zero attached hydrogens (tertiary/aromatic N) is 1. The summed E-state index contributed by atoms with van der Waals surface area (Å²) in [7, 11) is 0. The molecule has 3 nitrogen and oxygen atoms in total. The van der Waals surface area contributed by atoms with E-state index < -0.39 is 6.10 Å². The second-order valence-electron chi connectivity index (χ2n) is 2.45. The van der Waals surface area contributed by atoms with Gasteiger partial charge in [-0.15, -0.1) is 11.3 Å². The molecule has 1 rings (SSSR count). The molecule has 0 radical (unpaired) electrons. The topological polar surface area (TPSA) is 59.1 Å². The molecule has 0 aliphatic heterocycles. The van der Waals surface area contributed by atoms with Crippen molar-refractivity contribution < 1.29 is 5.11 Å². The summed E-state index contributed by atoms with van der Waals surface area (Å²) < 4.78 is 0. The number of aryl methyl sites for hydroxylation is 2. The molecule has 0 aliphatic carbocycles. The third-order valence-corrected chi connectivity index (χ3v) is 2.73. The van der Waals surface area contributed by atoms with Crippen molar-refractivity contribution in [3.8, 4) is 0 Å². The minimum Gasteiger partial charge on any atom is -0.385 e. The van der Waals surface area contributed by atoms with Crippen molar-refractivity contribution in [2.75, 3.05) is 6.54 Å². The van der Waals surface area contributed by atoms with Gasteiger partial charge in [0.2, 0.25) is 0 Å². The van der Waals surface area contributed by atoms with E-state index in [0.717, 1.165) is 15.6 Å². The van der Waals surface area contributed by atoms with E-state index in [2.05, 4.69) is 4.98 Å². The molecule has 62 valence electrons. The Kier molecular flexibility index (Phi) is 2.59. The number of thiazole rings is 1. The smallest absolute Gasteiger partial charge is 0.123 e. The van der Waals surface area contributed by atoms with Gasteiger partial charge in [-0.3, -0.25) is 0 Å². The number of aliphatic hydroxyl groups is 1. The number of rotatable bonds is 2. The largest absolute Gasteiger partial charge is 0.385 e. The van der Waals surface area contributed by atoms with Crippen LogP contribution in [0, 0.1) is 13.8 Å². The molecule has 1 heterocycles. The van der Waals surface area contributed by atoms with Gasteiger partial charge in [0.15, 0.2) is 0 Å². The predicted octanol–water partition coefficient (Wildman–Crippen LogP) is 0.752. The van der Waals surface area contributed by atoms with E-state index >= 15 is 0 Å². The number of nitrogens with two attached hydrogens (primary N) is 1. The molecule has 1 unspecified atom stereocenters. The Balaban J connectivity index is 2.88. The molecule has 0 saturated heterocycles. The zero-order valence-electron chi connectivity index (χ0n) is 6.66. The van der Waals surface area contributed by atoms with Crippen LogP contribution >= 0.6 is 11.3 Å². The van der Waals surface area contributed by atoms with Crippen molar-refractivity contribution >= 4 is 11.3 Å². The first-order valence-corrected chi connectivity index (χ1v) is 4.29. The average molecular weight is 172 g/mol. The Morgan fingerprint density at radius 3 is 2.64 bits per heavy atom. The Labute approximate surface area is 69.9 Å². The fourth-order valence-corrected chi connectivity index (χ4v) is 1.66. The van der Waals surface area contributed by atoms with Gasteiger partial charge in [0.1, 0.15) is 11.1 Å². The molecule has 1 aromatic rings. The van der Waals surface area contributed by atoms with Crippen LogP contribution in [0.3, 0.4) is 0 Å². The highest BCUT2D eigenvalue weighted by Crippen LogP contribution is 2.21. The summed E-state index contributed by atoms with van der Waals surface area (Å²) in [6.45, 7) is 4.16. The van der Waals surface area contributed by atoms with Crippen LogP contribution in [-0.4, -0.2) is 16.6 Å². The van der Waals surface area contributed by atoms with Crippen LogP contribution < -0.4 is 5.73 Å². The van der Waals surface area contributed by atoms with Gasteiger partial charge < -0.3 is 10.8 Å². The monoisotopic (exact) mass is 172 g/mol. The Hall–Kier alpha value is -0.450. The highest BCUT2D eigenvalue weighted by molar-refractivity contribution is 7.11. The van der Waals surface area contributed by atoms with Crippen LogP contribution in [0.4, 0.5) is 0 Å².